The fraction of sp³-hybridized carbons (Fsp3) is 0.333. The number of nitrogens with one attached hydrogen (secondary N) is 2. The van der Waals surface area contributed by atoms with Crippen LogP contribution in [0.1, 0.15) is 43.6 Å². The normalized spacial score (nSPS) is 12.7. The first kappa shape index (κ1) is 22.4. The molecular formula is C21H26N2O5S. The number of ether oxygens (including phenoxy) is 1. The molecule has 1 unspecified atom stereocenters. The molecule has 0 saturated carbocycles. The van der Waals surface area contributed by atoms with Gasteiger partial charge in [0.05, 0.1) is 17.5 Å². The van der Waals surface area contributed by atoms with Crippen LogP contribution in [0.25, 0.3) is 0 Å². The van der Waals surface area contributed by atoms with E-state index in [-0.39, 0.29) is 16.7 Å². The Morgan fingerprint density at radius 2 is 1.59 bits per heavy atom. The summed E-state index contributed by atoms with van der Waals surface area (Å²) in [4.78, 5) is 24.8. The van der Waals surface area contributed by atoms with E-state index >= 15 is 0 Å². The van der Waals surface area contributed by atoms with Crippen molar-refractivity contribution in [3.63, 3.8) is 0 Å². The van der Waals surface area contributed by atoms with Gasteiger partial charge in [0.25, 0.3) is 5.91 Å². The van der Waals surface area contributed by atoms with Crippen molar-refractivity contribution >= 4 is 33.3 Å². The summed E-state index contributed by atoms with van der Waals surface area (Å²) in [5.41, 5.74) is 1.83. The highest BCUT2D eigenvalue weighted by Crippen LogP contribution is 2.24. The van der Waals surface area contributed by atoms with Gasteiger partial charge in [0.15, 0.2) is 6.10 Å². The van der Waals surface area contributed by atoms with Crippen LogP contribution in [0.4, 0.5) is 11.4 Å². The van der Waals surface area contributed by atoms with E-state index in [4.69, 9.17) is 4.74 Å². The number of rotatable bonds is 6. The fourth-order valence-corrected chi connectivity index (χ4v) is 3.10. The molecule has 0 saturated heterocycles. The number of hydrogen-bond donors (Lipinski definition) is 2. The molecule has 0 aliphatic heterocycles. The van der Waals surface area contributed by atoms with Gasteiger partial charge in [-0.15, -0.1) is 0 Å². The number of benzene rings is 2. The predicted molar refractivity (Wildman–Crippen MR) is 114 cm³/mol. The standard InChI is InChI=1S/C21H26N2O5S/c1-14(19(24)22-16-12-10-15(11-13-16)21(2,3)4)28-20(25)17-8-6-7-9-18(17)23-29(5,26)27/h6-14,23H,1-5H3,(H,22,24). The summed E-state index contributed by atoms with van der Waals surface area (Å²) < 4.78 is 30.4. The fourth-order valence-electron chi connectivity index (χ4n) is 2.52. The molecule has 2 aromatic carbocycles. The van der Waals surface area contributed by atoms with Crippen molar-refractivity contribution < 1.29 is 22.7 Å². The van der Waals surface area contributed by atoms with E-state index in [2.05, 4.69) is 30.8 Å². The summed E-state index contributed by atoms with van der Waals surface area (Å²) >= 11 is 0. The van der Waals surface area contributed by atoms with Crippen molar-refractivity contribution in [2.75, 3.05) is 16.3 Å². The van der Waals surface area contributed by atoms with Crippen LogP contribution in [0.3, 0.4) is 0 Å². The smallest absolute Gasteiger partial charge is 0.341 e. The molecule has 2 rings (SSSR count). The van der Waals surface area contributed by atoms with Crippen LogP contribution < -0.4 is 10.0 Å². The second-order valence-electron chi connectivity index (χ2n) is 7.78. The van der Waals surface area contributed by atoms with E-state index in [1.165, 1.54) is 19.1 Å². The maximum absolute atomic E-state index is 12.4. The summed E-state index contributed by atoms with van der Waals surface area (Å²) in [7, 11) is -3.57. The van der Waals surface area contributed by atoms with Gasteiger partial charge in [0.1, 0.15) is 0 Å². The Balaban J connectivity index is 2.05. The zero-order valence-corrected chi connectivity index (χ0v) is 18.0. The molecule has 1 atom stereocenters. The Hall–Kier alpha value is -2.87. The number of hydrogen-bond acceptors (Lipinski definition) is 5. The van der Waals surface area contributed by atoms with Gasteiger partial charge in [-0.05, 0) is 42.2 Å². The van der Waals surface area contributed by atoms with Crippen molar-refractivity contribution in [2.24, 2.45) is 0 Å². The van der Waals surface area contributed by atoms with Crippen molar-refractivity contribution in [3.8, 4) is 0 Å². The van der Waals surface area contributed by atoms with Crippen molar-refractivity contribution in [2.45, 2.75) is 39.2 Å². The number of esters is 1. The molecule has 0 aromatic heterocycles. The van der Waals surface area contributed by atoms with Gasteiger partial charge in [-0.25, -0.2) is 13.2 Å². The van der Waals surface area contributed by atoms with Crippen LogP contribution in [-0.4, -0.2) is 32.7 Å². The van der Waals surface area contributed by atoms with Crippen LogP contribution in [-0.2, 0) is 25.0 Å². The minimum Gasteiger partial charge on any atom is -0.449 e. The van der Waals surface area contributed by atoms with Gasteiger partial charge in [-0.1, -0.05) is 45.0 Å². The average molecular weight is 419 g/mol. The van der Waals surface area contributed by atoms with Crippen molar-refractivity contribution in [1.82, 2.24) is 0 Å². The van der Waals surface area contributed by atoms with Crippen LogP contribution in [0.5, 0.6) is 0 Å². The molecule has 0 spiro atoms. The third kappa shape index (κ3) is 6.60. The Labute approximate surface area is 171 Å². The second kappa shape index (κ2) is 8.65. The Morgan fingerprint density at radius 1 is 1.00 bits per heavy atom. The van der Waals surface area contributed by atoms with E-state index in [0.717, 1.165) is 11.8 Å². The maximum atomic E-state index is 12.4. The molecule has 2 aromatic rings. The molecule has 156 valence electrons. The molecule has 0 aliphatic carbocycles. The summed E-state index contributed by atoms with van der Waals surface area (Å²) in [5, 5.41) is 2.70. The van der Waals surface area contributed by atoms with E-state index < -0.39 is 28.0 Å². The van der Waals surface area contributed by atoms with Gasteiger partial charge in [0.2, 0.25) is 10.0 Å². The van der Waals surface area contributed by atoms with Crippen molar-refractivity contribution in [1.29, 1.82) is 0 Å². The van der Waals surface area contributed by atoms with E-state index in [9.17, 15) is 18.0 Å². The first-order chi connectivity index (χ1) is 13.4. The largest absolute Gasteiger partial charge is 0.449 e. The first-order valence-electron chi connectivity index (χ1n) is 9.06. The van der Waals surface area contributed by atoms with Gasteiger partial charge >= 0.3 is 5.97 Å². The Kier molecular flexibility index (Phi) is 6.69. The molecule has 8 heteroatoms. The van der Waals surface area contributed by atoms with E-state index in [1.807, 2.05) is 12.1 Å². The minimum absolute atomic E-state index is 0.00123. The second-order valence-corrected chi connectivity index (χ2v) is 9.53. The number of carbonyl (C=O) groups excluding carboxylic acids is 2. The van der Waals surface area contributed by atoms with Crippen LogP contribution >= 0.6 is 0 Å². The zero-order chi connectivity index (χ0) is 21.8. The maximum Gasteiger partial charge on any atom is 0.341 e. The third-order valence-electron chi connectivity index (χ3n) is 4.11. The van der Waals surface area contributed by atoms with Crippen LogP contribution in [0.15, 0.2) is 48.5 Å². The topological polar surface area (TPSA) is 102 Å². The van der Waals surface area contributed by atoms with Crippen LogP contribution in [0.2, 0.25) is 0 Å². The first-order valence-corrected chi connectivity index (χ1v) is 10.9. The highest BCUT2D eigenvalue weighted by Gasteiger charge is 2.22. The quantitative estimate of drug-likeness (QED) is 0.699. The predicted octanol–water partition coefficient (Wildman–Crippen LogP) is 3.54. The highest BCUT2D eigenvalue weighted by atomic mass is 32.2. The molecule has 0 radical (unpaired) electrons. The lowest BCUT2D eigenvalue weighted by molar-refractivity contribution is -0.123. The lowest BCUT2D eigenvalue weighted by atomic mass is 9.87. The molecule has 0 heterocycles. The number of sulfonamides is 1. The number of amides is 1. The number of carbonyl (C=O) groups is 2. The highest BCUT2D eigenvalue weighted by molar-refractivity contribution is 7.92. The van der Waals surface area contributed by atoms with E-state index in [0.29, 0.717) is 5.69 Å². The summed E-state index contributed by atoms with van der Waals surface area (Å²) in [6.45, 7) is 7.74. The molecule has 0 fully saturated rings. The van der Waals surface area contributed by atoms with E-state index in [1.54, 1.807) is 24.3 Å². The van der Waals surface area contributed by atoms with Gasteiger partial charge in [0, 0.05) is 5.69 Å². The monoisotopic (exact) mass is 418 g/mol. The lowest BCUT2D eigenvalue weighted by Gasteiger charge is -2.19. The van der Waals surface area contributed by atoms with Gasteiger partial charge in [-0.3, -0.25) is 9.52 Å². The SMILES string of the molecule is CC(OC(=O)c1ccccc1NS(C)(=O)=O)C(=O)Nc1ccc(C(C)(C)C)cc1. The summed E-state index contributed by atoms with van der Waals surface area (Å²) in [5.74, 6) is -1.29. The van der Waals surface area contributed by atoms with Gasteiger partial charge in [-0.2, -0.15) is 0 Å². The molecule has 2 N–H and O–H groups in total. The van der Waals surface area contributed by atoms with Gasteiger partial charge < -0.3 is 10.1 Å². The summed E-state index contributed by atoms with van der Waals surface area (Å²) in [6, 6.07) is 13.5. The Bertz CT molecular complexity index is 992. The number of para-hydroxylation sites is 1. The molecule has 0 bridgehead atoms. The molecule has 29 heavy (non-hydrogen) atoms. The van der Waals surface area contributed by atoms with Crippen molar-refractivity contribution in [3.05, 3.63) is 59.7 Å². The third-order valence-corrected chi connectivity index (χ3v) is 4.70. The zero-order valence-electron chi connectivity index (χ0n) is 17.1. The molecule has 0 aliphatic rings. The van der Waals surface area contributed by atoms with Crippen LogP contribution in [0, 0.1) is 0 Å². The summed E-state index contributed by atoms with van der Waals surface area (Å²) in [6.07, 6.45) is -0.0908. The lowest BCUT2D eigenvalue weighted by Crippen LogP contribution is -2.30. The molecular weight excluding hydrogens is 392 g/mol. The minimum atomic E-state index is -3.57. The number of anilines is 2. The Morgan fingerprint density at radius 3 is 2.14 bits per heavy atom. The molecule has 1 amide bonds. The molecule has 7 nitrogen and oxygen atoms in total. The average Bonchev–Trinajstić information content (AvgIpc) is 2.60.